The maximum absolute atomic E-state index is 2.42. The highest BCUT2D eigenvalue weighted by Gasteiger charge is 1.99. The summed E-state index contributed by atoms with van der Waals surface area (Å²) >= 11 is 0. The molecule has 0 aliphatic carbocycles. The zero-order valence-electron chi connectivity index (χ0n) is 17.4. The second kappa shape index (κ2) is 16.1. The minimum Gasteiger partial charge on any atom is -0.307 e. The van der Waals surface area contributed by atoms with Gasteiger partial charge in [-0.3, -0.25) is 0 Å². The molecule has 0 amide bonds. The lowest BCUT2D eigenvalue weighted by atomic mass is 10.2. The molecule has 0 aliphatic heterocycles. The van der Waals surface area contributed by atoms with E-state index >= 15 is 0 Å². The van der Waals surface area contributed by atoms with Crippen LogP contribution in [0.2, 0.25) is 0 Å². The first-order valence-corrected chi connectivity index (χ1v) is 9.88. The summed E-state index contributed by atoms with van der Waals surface area (Å²) in [5, 5.41) is 0. The summed E-state index contributed by atoms with van der Waals surface area (Å²) in [5.74, 6) is 0. The van der Waals surface area contributed by atoms with Gasteiger partial charge in [0.1, 0.15) is 0 Å². The first kappa shape index (κ1) is 23.6. The number of unbranched alkanes of at least 4 members (excludes halogenated alkanes) is 2. The number of rotatable bonds is 16. The van der Waals surface area contributed by atoms with Crippen molar-refractivity contribution in [3.05, 3.63) is 12.2 Å². The lowest BCUT2D eigenvalue weighted by molar-refractivity contribution is 0.311. The van der Waals surface area contributed by atoms with Crippen molar-refractivity contribution in [2.24, 2.45) is 0 Å². The Bertz CT molecular complexity index is 265. The average molecular weight is 341 g/mol. The molecule has 0 rings (SSSR count). The van der Waals surface area contributed by atoms with Crippen molar-refractivity contribution in [2.45, 2.75) is 39.5 Å². The van der Waals surface area contributed by atoms with Crippen LogP contribution in [0.5, 0.6) is 0 Å². The van der Waals surface area contributed by atoms with Crippen molar-refractivity contribution >= 4 is 0 Å². The molecule has 0 aromatic rings. The third-order valence-electron chi connectivity index (χ3n) is 4.74. The van der Waals surface area contributed by atoms with E-state index < -0.39 is 0 Å². The van der Waals surface area contributed by atoms with E-state index in [0.29, 0.717) is 0 Å². The maximum Gasteiger partial charge on any atom is 0.0160 e. The van der Waals surface area contributed by atoms with Crippen molar-refractivity contribution in [3.8, 4) is 0 Å². The van der Waals surface area contributed by atoms with Crippen molar-refractivity contribution in [1.29, 1.82) is 0 Å². The molecule has 0 radical (unpaired) electrons. The minimum atomic E-state index is 1.07. The summed E-state index contributed by atoms with van der Waals surface area (Å²) in [6.45, 7) is 13.7. The number of hydrogen-bond acceptors (Lipinski definition) is 4. The highest BCUT2D eigenvalue weighted by Crippen LogP contribution is 1.97. The molecule has 24 heavy (non-hydrogen) atoms. The van der Waals surface area contributed by atoms with Crippen LogP contribution in [-0.4, -0.2) is 100 Å². The van der Waals surface area contributed by atoms with Gasteiger partial charge < -0.3 is 19.6 Å². The second-order valence-electron chi connectivity index (χ2n) is 7.20. The van der Waals surface area contributed by atoms with Gasteiger partial charge in [0, 0.05) is 13.1 Å². The molecule has 0 bridgehead atoms. The van der Waals surface area contributed by atoms with Crippen molar-refractivity contribution < 1.29 is 0 Å². The van der Waals surface area contributed by atoms with Crippen molar-refractivity contribution in [1.82, 2.24) is 19.6 Å². The number of hydrogen-bond donors (Lipinski definition) is 0. The Morgan fingerprint density at radius 2 is 0.792 bits per heavy atom. The van der Waals surface area contributed by atoms with Crippen LogP contribution < -0.4 is 0 Å². The standard InChI is InChI=1S/C20H44N4/c1-7-21(3)15-9-11-17-23(5)19-13-14-20-24(6)18-12-10-16-22(4)8-2/h13-14H,7-12,15-20H2,1-6H3/b14-13+. The van der Waals surface area contributed by atoms with E-state index in [-0.39, 0.29) is 0 Å². The first-order chi connectivity index (χ1) is 11.5. The largest absolute Gasteiger partial charge is 0.307 e. The first-order valence-electron chi connectivity index (χ1n) is 9.88. The molecule has 0 spiro atoms. The third kappa shape index (κ3) is 15.1. The Hall–Kier alpha value is -0.420. The summed E-state index contributed by atoms with van der Waals surface area (Å²) in [4.78, 5) is 9.61. The molecule has 0 saturated carbocycles. The number of nitrogens with zero attached hydrogens (tertiary/aromatic N) is 4. The van der Waals surface area contributed by atoms with E-state index in [0.717, 1.165) is 26.2 Å². The molecular formula is C20H44N4. The average Bonchev–Trinajstić information content (AvgIpc) is 2.58. The molecule has 4 heteroatoms. The predicted octanol–water partition coefficient (Wildman–Crippen LogP) is 2.87. The van der Waals surface area contributed by atoms with Crippen LogP contribution in [0.25, 0.3) is 0 Å². The molecule has 0 unspecified atom stereocenters. The van der Waals surface area contributed by atoms with Gasteiger partial charge in [0.05, 0.1) is 0 Å². The fourth-order valence-corrected chi connectivity index (χ4v) is 2.53. The Morgan fingerprint density at radius 1 is 0.500 bits per heavy atom. The number of likely N-dealkylation sites (N-methyl/N-ethyl adjacent to an activating group) is 2. The van der Waals surface area contributed by atoms with Crippen molar-refractivity contribution in [2.75, 3.05) is 80.5 Å². The van der Waals surface area contributed by atoms with E-state index in [4.69, 9.17) is 0 Å². The molecule has 0 aromatic heterocycles. The molecule has 0 N–H and O–H groups in total. The molecule has 144 valence electrons. The smallest absolute Gasteiger partial charge is 0.0160 e. The summed E-state index contributed by atoms with van der Waals surface area (Å²) in [7, 11) is 8.85. The van der Waals surface area contributed by atoms with Gasteiger partial charge in [-0.15, -0.1) is 0 Å². The van der Waals surface area contributed by atoms with Gasteiger partial charge in [-0.25, -0.2) is 0 Å². The molecule has 4 nitrogen and oxygen atoms in total. The van der Waals surface area contributed by atoms with Gasteiger partial charge in [0.2, 0.25) is 0 Å². The van der Waals surface area contributed by atoms with E-state index in [1.54, 1.807) is 0 Å². The van der Waals surface area contributed by atoms with E-state index in [2.05, 4.69) is 73.8 Å². The van der Waals surface area contributed by atoms with Gasteiger partial charge in [0.25, 0.3) is 0 Å². The molecule has 0 atom stereocenters. The van der Waals surface area contributed by atoms with Gasteiger partial charge >= 0.3 is 0 Å². The normalized spacial score (nSPS) is 12.6. The SMILES string of the molecule is CCN(C)CCCCN(C)C/C=C/CN(C)CCCCN(C)CC. The zero-order valence-corrected chi connectivity index (χ0v) is 17.4. The second-order valence-corrected chi connectivity index (χ2v) is 7.20. The predicted molar refractivity (Wildman–Crippen MR) is 109 cm³/mol. The lowest BCUT2D eigenvalue weighted by Crippen LogP contribution is -2.24. The topological polar surface area (TPSA) is 13.0 Å². The van der Waals surface area contributed by atoms with Gasteiger partial charge in [-0.2, -0.15) is 0 Å². The lowest BCUT2D eigenvalue weighted by Gasteiger charge is -2.18. The Kier molecular flexibility index (Phi) is 15.8. The summed E-state index contributed by atoms with van der Waals surface area (Å²) < 4.78 is 0. The van der Waals surface area contributed by atoms with Crippen LogP contribution in [0.4, 0.5) is 0 Å². The highest BCUT2D eigenvalue weighted by molar-refractivity contribution is 4.86. The van der Waals surface area contributed by atoms with Crippen LogP contribution in [0, 0.1) is 0 Å². The van der Waals surface area contributed by atoms with Gasteiger partial charge in [0.15, 0.2) is 0 Å². The molecular weight excluding hydrogens is 296 g/mol. The Labute approximate surface area is 152 Å². The van der Waals surface area contributed by atoms with Crippen LogP contribution in [-0.2, 0) is 0 Å². The van der Waals surface area contributed by atoms with Crippen LogP contribution in [0.3, 0.4) is 0 Å². The van der Waals surface area contributed by atoms with Crippen LogP contribution in [0.15, 0.2) is 12.2 Å². The Balaban J connectivity index is 3.54. The fourth-order valence-electron chi connectivity index (χ4n) is 2.53. The summed E-state index contributed by atoms with van der Waals surface area (Å²) in [6, 6.07) is 0. The van der Waals surface area contributed by atoms with Crippen LogP contribution >= 0.6 is 0 Å². The molecule has 0 fully saturated rings. The van der Waals surface area contributed by atoms with E-state index in [9.17, 15) is 0 Å². The van der Waals surface area contributed by atoms with Crippen molar-refractivity contribution in [3.63, 3.8) is 0 Å². The molecule has 0 aliphatic rings. The summed E-state index contributed by atoms with van der Waals surface area (Å²) in [5.41, 5.74) is 0. The monoisotopic (exact) mass is 340 g/mol. The highest BCUT2D eigenvalue weighted by atomic mass is 15.1. The van der Waals surface area contributed by atoms with Crippen LogP contribution in [0.1, 0.15) is 39.5 Å². The molecule has 0 saturated heterocycles. The third-order valence-corrected chi connectivity index (χ3v) is 4.74. The molecule has 0 heterocycles. The minimum absolute atomic E-state index is 1.07. The van der Waals surface area contributed by atoms with Gasteiger partial charge in [-0.05, 0) is 93.1 Å². The maximum atomic E-state index is 2.42. The quantitative estimate of drug-likeness (QED) is 0.316. The van der Waals surface area contributed by atoms with E-state index in [1.807, 2.05) is 0 Å². The molecule has 0 aromatic carbocycles. The Morgan fingerprint density at radius 3 is 1.08 bits per heavy atom. The fraction of sp³-hybridized carbons (Fsp3) is 0.900. The van der Waals surface area contributed by atoms with Gasteiger partial charge in [-0.1, -0.05) is 26.0 Å². The van der Waals surface area contributed by atoms with E-state index in [1.165, 1.54) is 51.9 Å². The summed E-state index contributed by atoms with van der Waals surface area (Å²) in [6.07, 6.45) is 9.82. The zero-order chi connectivity index (χ0) is 18.2.